The van der Waals surface area contributed by atoms with Crippen LogP contribution >= 0.6 is 11.6 Å². The van der Waals surface area contributed by atoms with Gasteiger partial charge >= 0.3 is 0 Å². The molecule has 1 N–H and O–H groups in total. The van der Waals surface area contributed by atoms with E-state index in [-0.39, 0.29) is 38.5 Å². The van der Waals surface area contributed by atoms with Crippen LogP contribution in [0.2, 0.25) is 5.02 Å². The second-order valence-electron chi connectivity index (χ2n) is 7.38. The molecule has 3 aromatic rings. The van der Waals surface area contributed by atoms with Crippen molar-refractivity contribution in [3.8, 4) is 17.2 Å². The minimum absolute atomic E-state index is 0.0887. The van der Waals surface area contributed by atoms with E-state index < -0.39 is 28.3 Å². The summed E-state index contributed by atoms with van der Waals surface area (Å²) in [5, 5.41) is 2.89. The molecule has 8 nitrogen and oxygen atoms in total. The number of sulfonamides is 1. The van der Waals surface area contributed by atoms with Crippen LogP contribution in [0, 0.1) is 12.7 Å². The molecule has 0 spiro atoms. The predicted molar refractivity (Wildman–Crippen MR) is 132 cm³/mol. The highest BCUT2D eigenvalue weighted by atomic mass is 35.5. The Labute approximate surface area is 208 Å². The van der Waals surface area contributed by atoms with Gasteiger partial charge in [-0.15, -0.1) is 0 Å². The Bertz CT molecular complexity index is 1330. The average Bonchev–Trinajstić information content (AvgIpc) is 2.83. The monoisotopic (exact) mass is 522 g/mol. The number of nitrogens with zero attached hydrogens (tertiary/aromatic N) is 1. The molecule has 0 saturated carbocycles. The summed E-state index contributed by atoms with van der Waals surface area (Å²) >= 11 is 6.12. The quantitative estimate of drug-likeness (QED) is 0.440. The van der Waals surface area contributed by atoms with E-state index in [1.807, 2.05) is 0 Å². The summed E-state index contributed by atoms with van der Waals surface area (Å²) in [6.45, 7) is 1.10. The number of halogens is 2. The van der Waals surface area contributed by atoms with Gasteiger partial charge in [-0.3, -0.25) is 9.10 Å². The van der Waals surface area contributed by atoms with Crippen LogP contribution in [-0.2, 0) is 14.8 Å². The molecule has 3 aromatic carbocycles. The SMILES string of the molecule is COc1cc(NC(=O)CN(c2ccc(F)cc2)S(=O)(=O)c2cc(C)ccc2OC)c(OC)cc1Cl. The first-order valence-electron chi connectivity index (χ1n) is 10.2. The lowest BCUT2D eigenvalue weighted by atomic mass is 10.2. The van der Waals surface area contributed by atoms with Crippen LogP contribution in [0.4, 0.5) is 15.8 Å². The number of carbonyl (C=O) groups is 1. The van der Waals surface area contributed by atoms with Gasteiger partial charge in [-0.25, -0.2) is 12.8 Å². The minimum Gasteiger partial charge on any atom is -0.495 e. The Morgan fingerprint density at radius 2 is 1.57 bits per heavy atom. The molecule has 0 heterocycles. The van der Waals surface area contributed by atoms with E-state index in [0.29, 0.717) is 5.56 Å². The van der Waals surface area contributed by atoms with Crippen LogP contribution in [0.1, 0.15) is 5.56 Å². The van der Waals surface area contributed by atoms with Gasteiger partial charge in [0, 0.05) is 12.1 Å². The predicted octanol–water partition coefficient (Wildman–Crippen LogP) is 4.65. The maximum atomic E-state index is 13.7. The molecular formula is C24H24ClFN2O6S. The third kappa shape index (κ3) is 5.77. The molecule has 11 heteroatoms. The van der Waals surface area contributed by atoms with Gasteiger partial charge in [0.25, 0.3) is 10.0 Å². The zero-order valence-electron chi connectivity index (χ0n) is 19.5. The second-order valence-corrected chi connectivity index (χ2v) is 9.62. The van der Waals surface area contributed by atoms with E-state index in [1.54, 1.807) is 13.0 Å². The molecule has 0 fully saturated rings. The third-order valence-electron chi connectivity index (χ3n) is 5.04. The number of anilines is 2. The zero-order chi connectivity index (χ0) is 25.8. The average molecular weight is 523 g/mol. The van der Waals surface area contributed by atoms with E-state index in [1.165, 1.54) is 57.7 Å². The lowest BCUT2D eigenvalue weighted by molar-refractivity contribution is -0.114. The summed E-state index contributed by atoms with van der Waals surface area (Å²) in [5.74, 6) is -0.600. The second kappa shape index (κ2) is 10.8. The highest BCUT2D eigenvalue weighted by molar-refractivity contribution is 7.93. The molecule has 0 bridgehead atoms. The molecule has 3 rings (SSSR count). The van der Waals surface area contributed by atoms with Crippen molar-refractivity contribution in [2.75, 3.05) is 37.5 Å². The lowest BCUT2D eigenvalue weighted by Crippen LogP contribution is -2.38. The number of hydrogen-bond acceptors (Lipinski definition) is 6. The largest absolute Gasteiger partial charge is 0.495 e. The van der Waals surface area contributed by atoms with E-state index in [0.717, 1.165) is 16.4 Å². The van der Waals surface area contributed by atoms with Gasteiger partial charge in [0.15, 0.2) is 0 Å². The molecule has 0 aliphatic rings. The summed E-state index contributed by atoms with van der Waals surface area (Å²) in [4.78, 5) is 12.9. The van der Waals surface area contributed by atoms with Crippen LogP contribution in [-0.4, -0.2) is 42.2 Å². The molecule has 1 amide bonds. The molecule has 0 aliphatic heterocycles. The molecular weight excluding hydrogens is 499 g/mol. The fourth-order valence-electron chi connectivity index (χ4n) is 3.30. The summed E-state index contributed by atoms with van der Waals surface area (Å²) < 4.78 is 57.6. The molecule has 0 aliphatic carbocycles. The zero-order valence-corrected chi connectivity index (χ0v) is 21.0. The van der Waals surface area contributed by atoms with E-state index in [9.17, 15) is 17.6 Å². The van der Waals surface area contributed by atoms with Crippen molar-refractivity contribution < 1.29 is 31.8 Å². The summed E-state index contributed by atoms with van der Waals surface area (Å²) in [5.41, 5.74) is 0.986. The van der Waals surface area contributed by atoms with Gasteiger partial charge in [-0.05, 0) is 48.9 Å². The number of rotatable bonds is 9. The summed E-state index contributed by atoms with van der Waals surface area (Å²) in [6, 6.07) is 12.3. The van der Waals surface area contributed by atoms with Crippen LogP contribution < -0.4 is 23.8 Å². The van der Waals surface area contributed by atoms with E-state index in [4.69, 9.17) is 25.8 Å². The highest BCUT2D eigenvalue weighted by Crippen LogP contribution is 2.36. The number of hydrogen-bond donors (Lipinski definition) is 1. The molecule has 0 aromatic heterocycles. The van der Waals surface area contributed by atoms with Gasteiger partial charge in [0.1, 0.15) is 34.5 Å². The van der Waals surface area contributed by atoms with E-state index in [2.05, 4.69) is 5.32 Å². The molecule has 35 heavy (non-hydrogen) atoms. The van der Waals surface area contributed by atoms with Crippen molar-refractivity contribution in [2.24, 2.45) is 0 Å². The molecule has 0 saturated heterocycles. The van der Waals surface area contributed by atoms with Crippen molar-refractivity contribution in [2.45, 2.75) is 11.8 Å². The standard InChI is InChI=1S/C24H24ClFN2O6S/c1-15-5-10-20(32-2)23(11-15)35(30,31)28(17-8-6-16(26)7-9-17)14-24(29)27-19-13-21(33-3)18(25)12-22(19)34-4/h5-13H,14H2,1-4H3,(H,27,29). The van der Waals surface area contributed by atoms with Crippen LogP contribution in [0.25, 0.3) is 0 Å². The van der Waals surface area contributed by atoms with Crippen LogP contribution in [0.5, 0.6) is 17.2 Å². The van der Waals surface area contributed by atoms with Gasteiger partial charge in [0.2, 0.25) is 5.91 Å². The van der Waals surface area contributed by atoms with Crippen molar-refractivity contribution >= 4 is 38.9 Å². The number of carbonyl (C=O) groups excluding carboxylic acids is 1. The number of benzene rings is 3. The number of amides is 1. The molecule has 0 radical (unpaired) electrons. The Morgan fingerprint density at radius 3 is 2.17 bits per heavy atom. The van der Waals surface area contributed by atoms with Gasteiger partial charge < -0.3 is 19.5 Å². The fourth-order valence-corrected chi connectivity index (χ4v) is 5.20. The minimum atomic E-state index is -4.31. The first kappa shape index (κ1) is 26.1. The van der Waals surface area contributed by atoms with Gasteiger partial charge in [-0.2, -0.15) is 0 Å². The summed E-state index contributed by atoms with van der Waals surface area (Å²) in [6.07, 6.45) is 0. The smallest absolute Gasteiger partial charge is 0.268 e. The Hall–Kier alpha value is -3.50. The first-order chi connectivity index (χ1) is 16.6. The molecule has 0 atom stereocenters. The van der Waals surface area contributed by atoms with Gasteiger partial charge in [-0.1, -0.05) is 17.7 Å². The van der Waals surface area contributed by atoms with Crippen LogP contribution in [0.15, 0.2) is 59.5 Å². The Morgan fingerprint density at radius 1 is 0.943 bits per heavy atom. The first-order valence-corrected chi connectivity index (χ1v) is 12.1. The van der Waals surface area contributed by atoms with Crippen molar-refractivity contribution in [3.63, 3.8) is 0 Å². The van der Waals surface area contributed by atoms with Gasteiger partial charge in [0.05, 0.1) is 37.7 Å². The van der Waals surface area contributed by atoms with Crippen molar-refractivity contribution in [1.82, 2.24) is 0 Å². The van der Waals surface area contributed by atoms with Crippen molar-refractivity contribution in [3.05, 3.63) is 71.0 Å². The number of ether oxygens (including phenoxy) is 3. The third-order valence-corrected chi connectivity index (χ3v) is 7.13. The number of methoxy groups -OCH3 is 3. The Balaban J connectivity index is 2.03. The topological polar surface area (TPSA) is 94.2 Å². The fraction of sp³-hybridized carbons (Fsp3) is 0.208. The normalized spacial score (nSPS) is 11.0. The number of aryl methyl sites for hydroxylation is 1. The van der Waals surface area contributed by atoms with Crippen molar-refractivity contribution in [1.29, 1.82) is 0 Å². The molecule has 0 unspecified atom stereocenters. The van der Waals surface area contributed by atoms with E-state index >= 15 is 0 Å². The summed E-state index contributed by atoms with van der Waals surface area (Å²) in [7, 11) is -0.151. The lowest BCUT2D eigenvalue weighted by Gasteiger charge is -2.25. The highest BCUT2D eigenvalue weighted by Gasteiger charge is 2.30. The maximum Gasteiger partial charge on any atom is 0.268 e. The number of nitrogens with one attached hydrogen (secondary N) is 1. The Kier molecular flexibility index (Phi) is 8.08. The molecule has 186 valence electrons. The maximum absolute atomic E-state index is 13.7. The van der Waals surface area contributed by atoms with Crippen LogP contribution in [0.3, 0.4) is 0 Å².